The van der Waals surface area contributed by atoms with Crippen molar-refractivity contribution in [3.05, 3.63) is 0 Å². The summed E-state index contributed by atoms with van der Waals surface area (Å²) in [6.07, 6.45) is -4.63. The minimum Gasteiger partial charge on any atom is -0.394 e. The van der Waals surface area contributed by atoms with Crippen LogP contribution in [0.4, 0.5) is 0 Å². The molecule has 0 amide bonds. The molecule has 0 aromatic heterocycles. The lowest BCUT2D eigenvalue weighted by Crippen LogP contribution is -2.40. The average Bonchev–Trinajstić information content (AvgIpc) is 2.00. The molecule has 60 valence electrons. The summed E-state index contributed by atoms with van der Waals surface area (Å²) in [4.78, 5) is 9.76. The molecule has 0 aromatic rings. The third kappa shape index (κ3) is 2.40. The summed E-state index contributed by atoms with van der Waals surface area (Å²) >= 11 is 0. The highest BCUT2D eigenvalue weighted by Crippen LogP contribution is 1.96. The zero-order valence-corrected chi connectivity index (χ0v) is 5.21. The average molecular weight is 150 g/mol. The van der Waals surface area contributed by atoms with E-state index in [1.54, 1.807) is 0 Å². The van der Waals surface area contributed by atoms with Crippen molar-refractivity contribution in [1.29, 1.82) is 0 Å². The molecule has 0 aromatic carbocycles. The van der Waals surface area contributed by atoms with Gasteiger partial charge in [-0.2, -0.15) is 0 Å². The second kappa shape index (κ2) is 4.35. The Kier molecular flexibility index (Phi) is 4.13. The van der Waals surface area contributed by atoms with Gasteiger partial charge in [0.25, 0.3) is 0 Å². The maximum absolute atomic E-state index is 9.76. The number of aliphatic hydroxyl groups excluding tert-OH is 4. The summed E-state index contributed by atoms with van der Waals surface area (Å²) < 4.78 is 0. The summed E-state index contributed by atoms with van der Waals surface area (Å²) in [6, 6.07) is 0. The molecule has 0 radical (unpaired) electrons. The topological polar surface area (TPSA) is 98.0 Å². The first-order chi connectivity index (χ1) is 4.63. The number of aliphatic hydroxyl groups is 4. The summed E-state index contributed by atoms with van der Waals surface area (Å²) in [5.41, 5.74) is 0. The Labute approximate surface area is 57.5 Å². The van der Waals surface area contributed by atoms with E-state index in [0.29, 0.717) is 0 Å². The maximum Gasteiger partial charge on any atom is 0.151 e. The van der Waals surface area contributed by atoms with E-state index in [0.717, 1.165) is 0 Å². The van der Waals surface area contributed by atoms with Gasteiger partial charge in [-0.25, -0.2) is 0 Å². The zero-order chi connectivity index (χ0) is 8.15. The van der Waals surface area contributed by atoms with Crippen LogP contribution in [0.2, 0.25) is 0 Å². The molecule has 4 N–H and O–H groups in total. The molecule has 0 aliphatic carbocycles. The maximum atomic E-state index is 9.76. The minimum absolute atomic E-state index is 0.0869. The fourth-order valence-corrected chi connectivity index (χ4v) is 0.416. The molecule has 0 bridgehead atoms. The molecule has 0 aliphatic heterocycles. The molecular formula is C5H10O5. The first-order valence-electron chi connectivity index (χ1n) is 2.73. The Bertz CT molecular complexity index is 104. The van der Waals surface area contributed by atoms with E-state index in [9.17, 15) is 4.79 Å². The predicted octanol–water partition coefficient (Wildman–Crippen LogP) is -2.74. The van der Waals surface area contributed by atoms with Crippen LogP contribution in [-0.2, 0) is 4.79 Å². The summed E-state index contributed by atoms with van der Waals surface area (Å²) in [5.74, 6) is 0. The van der Waals surface area contributed by atoms with Gasteiger partial charge >= 0.3 is 0 Å². The number of carbonyl (C=O) groups is 1. The zero-order valence-electron chi connectivity index (χ0n) is 5.21. The molecule has 10 heavy (non-hydrogen) atoms. The molecule has 0 heterocycles. The van der Waals surface area contributed by atoms with Gasteiger partial charge in [-0.05, 0) is 0 Å². The van der Waals surface area contributed by atoms with Crippen LogP contribution in [0.3, 0.4) is 0 Å². The smallest absolute Gasteiger partial charge is 0.151 e. The van der Waals surface area contributed by atoms with Gasteiger partial charge in [-0.15, -0.1) is 0 Å². The number of aldehydes is 1. The quantitative estimate of drug-likeness (QED) is 0.326. The van der Waals surface area contributed by atoms with Crippen molar-refractivity contribution in [3.8, 4) is 0 Å². The van der Waals surface area contributed by atoms with Crippen molar-refractivity contribution < 1.29 is 25.2 Å². The van der Waals surface area contributed by atoms with Crippen molar-refractivity contribution in [2.75, 3.05) is 6.61 Å². The fourth-order valence-electron chi connectivity index (χ4n) is 0.416. The molecule has 3 atom stereocenters. The van der Waals surface area contributed by atoms with E-state index in [2.05, 4.69) is 0 Å². The van der Waals surface area contributed by atoms with Crippen LogP contribution in [0.15, 0.2) is 0 Å². The first kappa shape index (κ1) is 9.51. The summed E-state index contributed by atoms with van der Waals surface area (Å²) in [5, 5.41) is 34.1. The molecule has 5 nitrogen and oxygen atoms in total. The van der Waals surface area contributed by atoms with E-state index in [1.165, 1.54) is 0 Å². The van der Waals surface area contributed by atoms with Gasteiger partial charge in [0.1, 0.15) is 18.3 Å². The highest BCUT2D eigenvalue weighted by atomic mass is 16.4. The molecule has 0 spiro atoms. The molecule has 5 heteroatoms. The highest BCUT2D eigenvalue weighted by molar-refractivity contribution is 5.56. The standard InChI is InChI=1S/C5H10O5/c6-1-3(8)5(10)4(9)2-7/h1,3-5,7-10H,2H2/t3-,4+,5?/m0/s1. The Morgan fingerprint density at radius 3 is 2.10 bits per heavy atom. The molecule has 1 unspecified atom stereocenters. The van der Waals surface area contributed by atoms with Crippen molar-refractivity contribution >= 4 is 6.29 Å². The van der Waals surface area contributed by atoms with Gasteiger partial charge in [0, 0.05) is 0 Å². The molecule has 0 rings (SSSR count). The molecule has 0 saturated heterocycles. The van der Waals surface area contributed by atoms with Gasteiger partial charge in [0.15, 0.2) is 6.29 Å². The normalized spacial score (nSPS) is 19.6. The van der Waals surface area contributed by atoms with Gasteiger partial charge < -0.3 is 25.2 Å². The van der Waals surface area contributed by atoms with Crippen molar-refractivity contribution in [3.63, 3.8) is 0 Å². The van der Waals surface area contributed by atoms with Crippen LogP contribution in [0, 0.1) is 0 Å². The van der Waals surface area contributed by atoms with E-state index in [4.69, 9.17) is 20.4 Å². The number of hydrogen-bond acceptors (Lipinski definition) is 5. The summed E-state index contributed by atoms with van der Waals surface area (Å²) in [7, 11) is 0. The number of hydrogen-bond donors (Lipinski definition) is 4. The van der Waals surface area contributed by atoms with Crippen LogP contribution in [0.1, 0.15) is 0 Å². The van der Waals surface area contributed by atoms with Gasteiger partial charge in [-0.3, -0.25) is 0 Å². The van der Waals surface area contributed by atoms with Gasteiger partial charge in [0.05, 0.1) is 6.61 Å². The molecular weight excluding hydrogens is 140 g/mol. The highest BCUT2D eigenvalue weighted by Gasteiger charge is 2.22. The fraction of sp³-hybridized carbons (Fsp3) is 0.800. The first-order valence-corrected chi connectivity index (χ1v) is 2.73. The number of carbonyl (C=O) groups excluding carboxylic acids is 1. The van der Waals surface area contributed by atoms with Crippen molar-refractivity contribution in [1.82, 2.24) is 0 Å². The third-order valence-corrected chi connectivity index (χ3v) is 1.07. The molecule has 0 fully saturated rings. The van der Waals surface area contributed by atoms with Crippen LogP contribution >= 0.6 is 0 Å². The largest absolute Gasteiger partial charge is 0.394 e. The predicted molar refractivity (Wildman–Crippen MR) is 31.2 cm³/mol. The molecule has 0 saturated carbocycles. The third-order valence-electron chi connectivity index (χ3n) is 1.07. The van der Waals surface area contributed by atoms with Crippen LogP contribution in [0.5, 0.6) is 0 Å². The Morgan fingerprint density at radius 2 is 1.80 bits per heavy atom. The van der Waals surface area contributed by atoms with E-state index >= 15 is 0 Å². The van der Waals surface area contributed by atoms with E-state index in [1.807, 2.05) is 0 Å². The van der Waals surface area contributed by atoms with E-state index in [-0.39, 0.29) is 6.29 Å². The second-order valence-corrected chi connectivity index (χ2v) is 1.87. The lowest BCUT2D eigenvalue weighted by molar-refractivity contribution is -0.127. The number of rotatable bonds is 4. The summed E-state index contributed by atoms with van der Waals surface area (Å²) in [6.45, 7) is -0.688. The van der Waals surface area contributed by atoms with Crippen molar-refractivity contribution in [2.24, 2.45) is 0 Å². The Morgan fingerprint density at radius 1 is 1.30 bits per heavy atom. The van der Waals surface area contributed by atoms with Crippen LogP contribution < -0.4 is 0 Å². The Hall–Kier alpha value is -0.490. The lowest BCUT2D eigenvalue weighted by Gasteiger charge is -2.16. The Balaban J connectivity index is 3.80. The van der Waals surface area contributed by atoms with Crippen LogP contribution in [0.25, 0.3) is 0 Å². The van der Waals surface area contributed by atoms with Crippen LogP contribution in [-0.4, -0.2) is 51.6 Å². The van der Waals surface area contributed by atoms with Gasteiger partial charge in [-0.1, -0.05) is 0 Å². The second-order valence-electron chi connectivity index (χ2n) is 1.87. The van der Waals surface area contributed by atoms with Gasteiger partial charge in [0.2, 0.25) is 0 Å². The van der Waals surface area contributed by atoms with Crippen molar-refractivity contribution in [2.45, 2.75) is 18.3 Å². The SMILES string of the molecule is O=C[C@H](O)C(O)[C@H](O)CO. The minimum atomic E-state index is -1.64. The van der Waals surface area contributed by atoms with E-state index < -0.39 is 24.9 Å². The molecule has 0 aliphatic rings. The monoisotopic (exact) mass is 150 g/mol. The lowest BCUT2D eigenvalue weighted by atomic mass is 10.1.